The summed E-state index contributed by atoms with van der Waals surface area (Å²) >= 11 is 3.38. The molecule has 7 heteroatoms. The number of anilines is 1. The predicted octanol–water partition coefficient (Wildman–Crippen LogP) is 1.83. The molecule has 1 unspecified atom stereocenters. The Balaban J connectivity index is 1.72. The number of piperazine rings is 1. The topological polar surface area (TPSA) is 74.3 Å². The highest BCUT2D eigenvalue weighted by Gasteiger charge is 2.25. The molecule has 6 nitrogen and oxygen atoms in total. The van der Waals surface area contributed by atoms with Gasteiger partial charge in [-0.3, -0.25) is 19.8 Å². The van der Waals surface area contributed by atoms with Crippen molar-refractivity contribution < 1.29 is 9.59 Å². The number of pyridine rings is 1. The van der Waals surface area contributed by atoms with Crippen LogP contribution in [0.2, 0.25) is 0 Å². The highest BCUT2D eigenvalue weighted by atomic mass is 79.9. The van der Waals surface area contributed by atoms with Gasteiger partial charge in [0.05, 0.1) is 13.1 Å². The van der Waals surface area contributed by atoms with Crippen molar-refractivity contribution in [2.24, 2.45) is 0 Å². The van der Waals surface area contributed by atoms with Crippen molar-refractivity contribution in [3.8, 4) is 0 Å². The van der Waals surface area contributed by atoms with E-state index in [2.05, 4.69) is 43.7 Å². The number of hydrogen-bond acceptors (Lipinski definition) is 5. The van der Waals surface area contributed by atoms with Gasteiger partial charge in [0.2, 0.25) is 11.8 Å². The van der Waals surface area contributed by atoms with Crippen molar-refractivity contribution in [2.45, 2.75) is 12.5 Å². The van der Waals surface area contributed by atoms with Crippen molar-refractivity contribution in [3.63, 3.8) is 0 Å². The molecular formula is C18H19BrN4O2. The summed E-state index contributed by atoms with van der Waals surface area (Å²) in [6, 6.07) is 14.0. The molecular weight excluding hydrogens is 384 g/mol. The van der Waals surface area contributed by atoms with Crippen LogP contribution in [0.15, 0.2) is 53.1 Å². The summed E-state index contributed by atoms with van der Waals surface area (Å²) in [7, 11) is 0. The number of rotatable bonds is 6. The number of carbonyl (C=O) groups excluding carboxylic acids is 2. The van der Waals surface area contributed by atoms with Crippen LogP contribution in [0.25, 0.3) is 0 Å². The Morgan fingerprint density at radius 1 is 1.12 bits per heavy atom. The van der Waals surface area contributed by atoms with Gasteiger partial charge in [-0.05, 0) is 40.0 Å². The summed E-state index contributed by atoms with van der Waals surface area (Å²) in [5.41, 5.74) is 1.19. The summed E-state index contributed by atoms with van der Waals surface area (Å²) in [5, 5.41) is 5.75. The highest BCUT2D eigenvalue weighted by Crippen LogP contribution is 2.14. The van der Waals surface area contributed by atoms with E-state index >= 15 is 0 Å². The molecule has 1 aliphatic rings. The normalized spacial score (nSPS) is 16.4. The molecule has 2 aromatic rings. The lowest BCUT2D eigenvalue weighted by Gasteiger charge is -2.30. The lowest BCUT2D eigenvalue weighted by Crippen LogP contribution is -2.54. The lowest BCUT2D eigenvalue weighted by molar-refractivity contribution is -0.136. The Kier molecular flexibility index (Phi) is 5.78. The van der Waals surface area contributed by atoms with Crippen molar-refractivity contribution >= 4 is 33.6 Å². The van der Waals surface area contributed by atoms with Gasteiger partial charge in [-0.1, -0.05) is 30.3 Å². The summed E-state index contributed by atoms with van der Waals surface area (Å²) in [6.45, 7) is 1.03. The second-order valence-corrected chi connectivity index (χ2v) is 6.95. The fourth-order valence-corrected chi connectivity index (χ4v) is 3.10. The van der Waals surface area contributed by atoms with Gasteiger partial charge in [-0.25, -0.2) is 4.98 Å². The largest absolute Gasteiger partial charge is 0.366 e. The Bertz CT molecular complexity index is 721. The number of amides is 2. The minimum Gasteiger partial charge on any atom is -0.366 e. The highest BCUT2D eigenvalue weighted by molar-refractivity contribution is 9.10. The minimum atomic E-state index is -0.253. The van der Waals surface area contributed by atoms with E-state index in [1.165, 1.54) is 5.56 Å². The number of benzene rings is 1. The van der Waals surface area contributed by atoms with Gasteiger partial charge >= 0.3 is 0 Å². The standard InChI is InChI=1S/C18H19BrN4O2/c19-14-6-7-16(20-9-14)21-15(8-13-4-2-1-3-5-13)10-23-11-17(24)22-18(25)12-23/h1-7,9,15H,8,10-12H2,(H,20,21)(H,22,24,25). The zero-order valence-corrected chi connectivity index (χ0v) is 15.2. The molecule has 130 valence electrons. The fraction of sp³-hybridized carbons (Fsp3) is 0.278. The summed E-state index contributed by atoms with van der Waals surface area (Å²) in [6.07, 6.45) is 2.50. The third-order valence-electron chi connectivity index (χ3n) is 3.90. The average molecular weight is 403 g/mol. The van der Waals surface area contributed by atoms with E-state index in [-0.39, 0.29) is 30.9 Å². The molecule has 0 aliphatic carbocycles. The molecule has 1 fully saturated rings. The van der Waals surface area contributed by atoms with Crippen LogP contribution in [0.5, 0.6) is 0 Å². The third-order valence-corrected chi connectivity index (χ3v) is 4.37. The number of aromatic nitrogens is 1. The van der Waals surface area contributed by atoms with Crippen LogP contribution in [0.1, 0.15) is 5.56 Å². The van der Waals surface area contributed by atoms with Crippen LogP contribution in [-0.2, 0) is 16.0 Å². The molecule has 0 saturated carbocycles. The molecule has 25 heavy (non-hydrogen) atoms. The van der Waals surface area contributed by atoms with Crippen LogP contribution in [-0.4, -0.2) is 47.4 Å². The Morgan fingerprint density at radius 2 is 1.84 bits per heavy atom. The molecule has 2 N–H and O–H groups in total. The first-order chi connectivity index (χ1) is 12.1. The van der Waals surface area contributed by atoms with Gasteiger partial charge in [0.15, 0.2) is 0 Å². The Labute approximate surface area is 154 Å². The first kappa shape index (κ1) is 17.6. The number of hydrogen-bond donors (Lipinski definition) is 2. The Hall–Kier alpha value is -2.25. The van der Waals surface area contributed by atoms with E-state index in [9.17, 15) is 9.59 Å². The maximum Gasteiger partial charge on any atom is 0.240 e. The number of nitrogens with one attached hydrogen (secondary N) is 2. The monoisotopic (exact) mass is 402 g/mol. The molecule has 1 aromatic carbocycles. The van der Waals surface area contributed by atoms with Gasteiger partial charge in [-0.2, -0.15) is 0 Å². The first-order valence-electron chi connectivity index (χ1n) is 8.05. The van der Waals surface area contributed by atoms with Crippen LogP contribution < -0.4 is 10.6 Å². The van der Waals surface area contributed by atoms with E-state index in [1.54, 1.807) is 6.20 Å². The van der Waals surface area contributed by atoms with Gasteiger partial charge < -0.3 is 5.32 Å². The van der Waals surface area contributed by atoms with E-state index in [1.807, 2.05) is 35.2 Å². The molecule has 0 bridgehead atoms. The fourth-order valence-electron chi connectivity index (χ4n) is 2.87. The minimum absolute atomic E-state index is 0.0229. The van der Waals surface area contributed by atoms with Gasteiger partial charge in [0.1, 0.15) is 5.82 Å². The second kappa shape index (κ2) is 8.22. The molecule has 2 heterocycles. The summed E-state index contributed by atoms with van der Waals surface area (Å²) in [5.74, 6) is 0.255. The van der Waals surface area contributed by atoms with Crippen LogP contribution in [0.3, 0.4) is 0 Å². The maximum atomic E-state index is 11.6. The van der Waals surface area contributed by atoms with E-state index in [4.69, 9.17) is 0 Å². The molecule has 1 saturated heterocycles. The van der Waals surface area contributed by atoms with Crippen molar-refractivity contribution in [1.29, 1.82) is 0 Å². The van der Waals surface area contributed by atoms with Crippen molar-refractivity contribution in [2.75, 3.05) is 25.0 Å². The van der Waals surface area contributed by atoms with E-state index in [0.717, 1.165) is 16.7 Å². The molecule has 1 atom stereocenters. The molecule has 3 rings (SSSR count). The quantitative estimate of drug-likeness (QED) is 0.720. The van der Waals surface area contributed by atoms with E-state index < -0.39 is 0 Å². The zero-order valence-electron chi connectivity index (χ0n) is 13.6. The average Bonchev–Trinajstić information content (AvgIpc) is 2.57. The molecule has 1 aromatic heterocycles. The Morgan fingerprint density at radius 3 is 2.48 bits per heavy atom. The van der Waals surface area contributed by atoms with Gasteiger partial charge in [0, 0.05) is 23.3 Å². The van der Waals surface area contributed by atoms with Crippen LogP contribution >= 0.6 is 15.9 Å². The molecule has 0 radical (unpaired) electrons. The molecule has 2 amide bonds. The first-order valence-corrected chi connectivity index (χ1v) is 8.85. The SMILES string of the molecule is O=C1CN(CC(Cc2ccccc2)Nc2ccc(Br)cn2)CC(=O)N1. The van der Waals surface area contributed by atoms with Crippen molar-refractivity contribution in [1.82, 2.24) is 15.2 Å². The lowest BCUT2D eigenvalue weighted by atomic mass is 10.0. The van der Waals surface area contributed by atoms with E-state index in [0.29, 0.717) is 6.54 Å². The smallest absolute Gasteiger partial charge is 0.240 e. The number of carbonyl (C=O) groups is 2. The van der Waals surface area contributed by atoms with Gasteiger partial charge in [-0.15, -0.1) is 0 Å². The number of imide groups is 1. The summed E-state index contributed by atoms with van der Waals surface area (Å²) < 4.78 is 0.913. The maximum absolute atomic E-state index is 11.6. The summed E-state index contributed by atoms with van der Waals surface area (Å²) in [4.78, 5) is 29.4. The number of nitrogens with zero attached hydrogens (tertiary/aromatic N) is 2. The predicted molar refractivity (Wildman–Crippen MR) is 99.1 cm³/mol. The van der Waals surface area contributed by atoms with Crippen molar-refractivity contribution in [3.05, 3.63) is 58.7 Å². The zero-order chi connectivity index (χ0) is 17.6. The third kappa shape index (κ3) is 5.37. The van der Waals surface area contributed by atoms with Crippen LogP contribution in [0, 0.1) is 0 Å². The molecule has 1 aliphatic heterocycles. The van der Waals surface area contributed by atoms with Crippen LogP contribution in [0.4, 0.5) is 5.82 Å². The second-order valence-electron chi connectivity index (χ2n) is 6.03. The number of halogens is 1. The molecule has 0 spiro atoms. The van der Waals surface area contributed by atoms with Gasteiger partial charge in [0.25, 0.3) is 0 Å².